The number of halogens is 3. The molecule has 3 aromatic rings. The van der Waals surface area contributed by atoms with Crippen LogP contribution < -0.4 is 15.4 Å². The number of benzene rings is 1. The van der Waals surface area contributed by atoms with Crippen molar-refractivity contribution in [2.75, 3.05) is 6.61 Å². The lowest BCUT2D eigenvalue weighted by molar-refractivity contribution is -0.130. The van der Waals surface area contributed by atoms with Crippen LogP contribution in [0.4, 0.5) is 13.2 Å². The Balaban J connectivity index is 1.39. The minimum atomic E-state index is -2.69. The quantitative estimate of drug-likeness (QED) is 0.312. The predicted molar refractivity (Wildman–Crippen MR) is 141 cm³/mol. The van der Waals surface area contributed by atoms with Crippen molar-refractivity contribution < 1.29 is 32.6 Å². The average molecular weight is 560 g/mol. The molecule has 0 saturated heterocycles. The summed E-state index contributed by atoms with van der Waals surface area (Å²) in [7, 11) is 0. The molecule has 2 aromatic heterocycles. The van der Waals surface area contributed by atoms with Crippen molar-refractivity contribution in [1.82, 2.24) is 25.6 Å². The van der Waals surface area contributed by atoms with E-state index in [1.54, 1.807) is 6.92 Å². The van der Waals surface area contributed by atoms with Gasteiger partial charge in [0.15, 0.2) is 0 Å². The van der Waals surface area contributed by atoms with Crippen molar-refractivity contribution in [2.45, 2.75) is 76.7 Å². The predicted octanol–water partition coefficient (Wildman–Crippen LogP) is 4.15. The van der Waals surface area contributed by atoms with Gasteiger partial charge >= 0.3 is 0 Å². The summed E-state index contributed by atoms with van der Waals surface area (Å²) in [5, 5.41) is 14.8. The number of H-pyrrole nitrogens is 1. The number of fused-ring (bicyclic) bond motifs is 1. The summed E-state index contributed by atoms with van der Waals surface area (Å²) in [6, 6.07) is 2.99. The number of aromatic nitrogens is 3. The number of aliphatic hydroxyl groups is 1. The summed E-state index contributed by atoms with van der Waals surface area (Å²) < 4.78 is 47.9. The van der Waals surface area contributed by atoms with Crippen molar-refractivity contribution >= 4 is 22.8 Å². The highest BCUT2D eigenvalue weighted by atomic mass is 19.3. The zero-order chi connectivity index (χ0) is 28.6. The molecule has 1 aromatic carbocycles. The summed E-state index contributed by atoms with van der Waals surface area (Å²) in [4.78, 5) is 36.9. The van der Waals surface area contributed by atoms with E-state index < -0.39 is 42.6 Å². The van der Waals surface area contributed by atoms with Crippen molar-refractivity contribution in [3.8, 4) is 17.0 Å². The molecule has 4 atom stereocenters. The molecule has 9 nitrogen and oxygen atoms in total. The minimum Gasteiger partial charge on any atom is -0.493 e. The van der Waals surface area contributed by atoms with Crippen LogP contribution in [0.5, 0.6) is 5.75 Å². The fourth-order valence-corrected chi connectivity index (χ4v) is 5.06. The molecule has 0 radical (unpaired) electrons. The van der Waals surface area contributed by atoms with E-state index in [1.807, 2.05) is 0 Å². The number of aliphatic hydroxyl groups excluding tert-OH is 1. The molecular weight excluding hydrogens is 527 g/mol. The van der Waals surface area contributed by atoms with Gasteiger partial charge in [-0.15, -0.1) is 0 Å². The van der Waals surface area contributed by atoms with Gasteiger partial charge in [0.1, 0.15) is 35.6 Å². The number of carbonyl (C=O) groups excluding carboxylic acids is 2. The lowest BCUT2D eigenvalue weighted by Crippen LogP contribution is -2.51. The van der Waals surface area contributed by atoms with Crippen molar-refractivity contribution in [2.24, 2.45) is 5.92 Å². The van der Waals surface area contributed by atoms with Gasteiger partial charge < -0.3 is 25.5 Å². The number of nitrogens with one attached hydrogen (secondary N) is 3. The molecule has 214 valence electrons. The van der Waals surface area contributed by atoms with Gasteiger partial charge in [-0.1, -0.05) is 0 Å². The van der Waals surface area contributed by atoms with Crippen LogP contribution in [0.2, 0.25) is 0 Å². The number of nitrogens with zero attached hydrogens (tertiary/aromatic N) is 2. The van der Waals surface area contributed by atoms with Crippen molar-refractivity contribution in [1.29, 1.82) is 0 Å². The molecule has 0 bridgehead atoms. The van der Waals surface area contributed by atoms with Gasteiger partial charge in [-0.2, -0.15) is 0 Å². The molecule has 0 spiro atoms. The van der Waals surface area contributed by atoms with Crippen LogP contribution in [0.3, 0.4) is 0 Å². The van der Waals surface area contributed by atoms with Crippen LogP contribution in [-0.4, -0.2) is 62.8 Å². The van der Waals surface area contributed by atoms with Crippen molar-refractivity contribution in [3.63, 3.8) is 0 Å². The average Bonchev–Trinajstić information content (AvgIpc) is 3.68. The molecule has 0 aliphatic heterocycles. The Bertz CT molecular complexity index is 1410. The summed E-state index contributed by atoms with van der Waals surface area (Å²) in [5.74, 6) is -0.226. The zero-order valence-electron chi connectivity index (χ0n) is 22.2. The van der Waals surface area contributed by atoms with Crippen LogP contribution in [0.15, 0.2) is 24.5 Å². The largest absolute Gasteiger partial charge is 0.493 e. The number of alkyl halides is 3. The molecule has 2 amide bonds. The van der Waals surface area contributed by atoms with E-state index in [2.05, 4.69) is 25.6 Å². The van der Waals surface area contributed by atoms with Crippen LogP contribution in [0.1, 0.15) is 67.1 Å². The Labute approximate surface area is 228 Å². The first-order chi connectivity index (χ1) is 19.1. The highest BCUT2D eigenvalue weighted by Gasteiger charge is 2.34. The maximum atomic E-state index is 14.8. The standard InChI is InChI=1S/C28H32F3N5O4/c1-13-22(28(39)35-17-6-7-20(19(29)10-17)36-27(38)14(2)37)24-25(34-13)23(32-12-33-24)18-9-16(26(30)31)5-8-21(18)40-11-15-3-4-15/h5,8-9,12,14-15,17,19-20,26,34,37H,3-4,6-7,10-11H2,1-2H3,(H,35,39)(H,36,38)/t14-,17-,19+,20+/m0/s1. The normalized spacial score (nSPS) is 21.8. The van der Waals surface area contributed by atoms with Gasteiger partial charge in [0, 0.05) is 29.3 Å². The van der Waals surface area contributed by atoms with E-state index in [1.165, 1.54) is 31.5 Å². The summed E-state index contributed by atoms with van der Waals surface area (Å²) in [6.45, 7) is 3.48. The number of hydrogen-bond acceptors (Lipinski definition) is 6. The first-order valence-electron chi connectivity index (χ1n) is 13.4. The zero-order valence-corrected chi connectivity index (χ0v) is 22.2. The second-order valence-electron chi connectivity index (χ2n) is 10.7. The number of aromatic amines is 1. The van der Waals surface area contributed by atoms with Crippen LogP contribution in [0, 0.1) is 12.8 Å². The summed E-state index contributed by atoms with van der Waals surface area (Å²) in [6.07, 6.45) is -1.18. The number of amides is 2. The van der Waals surface area contributed by atoms with Gasteiger partial charge in [0.25, 0.3) is 12.3 Å². The van der Waals surface area contributed by atoms with E-state index in [4.69, 9.17) is 4.74 Å². The molecule has 2 aliphatic carbocycles. The van der Waals surface area contributed by atoms with Crippen molar-refractivity contribution in [3.05, 3.63) is 41.3 Å². The lowest BCUT2D eigenvalue weighted by atomic mass is 9.89. The van der Waals surface area contributed by atoms with E-state index in [9.17, 15) is 27.9 Å². The summed E-state index contributed by atoms with van der Waals surface area (Å²) in [5.41, 5.74) is 1.99. The summed E-state index contributed by atoms with van der Waals surface area (Å²) >= 11 is 0. The second kappa shape index (κ2) is 11.4. The first kappa shape index (κ1) is 27.9. The SMILES string of the molecule is Cc1[nH]c2c(-c3cc(C(F)F)ccc3OCC3CC3)ncnc2c1C(=O)N[C@H]1CC[C@@H](NC(=O)[C@H](C)O)[C@H](F)C1. The van der Waals surface area contributed by atoms with E-state index in [0.29, 0.717) is 59.1 Å². The van der Waals surface area contributed by atoms with E-state index in [0.717, 1.165) is 12.8 Å². The van der Waals surface area contributed by atoms with Gasteiger partial charge in [-0.05, 0) is 63.6 Å². The third-order valence-electron chi connectivity index (χ3n) is 7.50. The van der Waals surface area contributed by atoms with Gasteiger partial charge in [-0.25, -0.2) is 23.1 Å². The maximum Gasteiger partial charge on any atom is 0.263 e. The molecule has 0 unspecified atom stereocenters. The third-order valence-corrected chi connectivity index (χ3v) is 7.50. The first-order valence-corrected chi connectivity index (χ1v) is 13.4. The fraction of sp³-hybridized carbons (Fsp3) is 0.500. The van der Waals surface area contributed by atoms with Crippen LogP contribution >= 0.6 is 0 Å². The molecule has 5 rings (SSSR count). The number of aryl methyl sites for hydroxylation is 1. The molecule has 2 heterocycles. The maximum absolute atomic E-state index is 14.8. The Kier molecular flexibility index (Phi) is 7.97. The van der Waals surface area contributed by atoms with Crippen LogP contribution in [-0.2, 0) is 4.79 Å². The molecule has 2 fully saturated rings. The fourth-order valence-electron chi connectivity index (χ4n) is 5.06. The molecule has 40 heavy (non-hydrogen) atoms. The van der Waals surface area contributed by atoms with Gasteiger partial charge in [-0.3, -0.25) is 9.59 Å². The van der Waals surface area contributed by atoms with Gasteiger partial charge in [0.05, 0.1) is 23.7 Å². The van der Waals surface area contributed by atoms with E-state index >= 15 is 0 Å². The van der Waals surface area contributed by atoms with Gasteiger partial charge in [0.2, 0.25) is 5.91 Å². The van der Waals surface area contributed by atoms with Crippen LogP contribution in [0.25, 0.3) is 22.3 Å². The third kappa shape index (κ3) is 5.91. The molecule has 4 N–H and O–H groups in total. The number of ether oxygens (including phenoxy) is 1. The van der Waals surface area contributed by atoms with E-state index in [-0.39, 0.29) is 17.5 Å². The molecule has 2 saturated carbocycles. The molecular formula is C28H32F3N5O4. The Morgan fingerprint density at radius 1 is 1.18 bits per heavy atom. The topological polar surface area (TPSA) is 129 Å². The lowest BCUT2D eigenvalue weighted by Gasteiger charge is -2.32. The Hall–Kier alpha value is -3.67. The highest BCUT2D eigenvalue weighted by Crippen LogP contribution is 2.38. The Morgan fingerprint density at radius 3 is 2.62 bits per heavy atom. The number of rotatable bonds is 9. The number of carbonyl (C=O) groups is 2. The smallest absolute Gasteiger partial charge is 0.263 e. The highest BCUT2D eigenvalue weighted by molar-refractivity contribution is 6.09. The molecule has 2 aliphatic rings. The monoisotopic (exact) mass is 559 g/mol. The Morgan fingerprint density at radius 2 is 1.95 bits per heavy atom. The minimum absolute atomic E-state index is 0.000245. The number of hydrogen-bond donors (Lipinski definition) is 4. The molecule has 12 heteroatoms. The second-order valence-corrected chi connectivity index (χ2v) is 10.7.